The zero-order valence-electron chi connectivity index (χ0n) is 16.7. The van der Waals surface area contributed by atoms with E-state index >= 15 is 0 Å². The Balaban J connectivity index is 1.95. The highest BCUT2D eigenvalue weighted by atomic mass is 79.9. The largest absolute Gasteiger partial charge is 0.374 e. The van der Waals surface area contributed by atoms with E-state index in [0.717, 1.165) is 22.3 Å². The second kappa shape index (κ2) is 8.05. The SMILES string of the molecule is O=c1c2cc(CBr)ccc2on1C(c1ccccc1)(c1ccccc1)c1ccccc1. The van der Waals surface area contributed by atoms with Crippen LogP contribution in [0.5, 0.6) is 0 Å². The molecule has 31 heavy (non-hydrogen) atoms. The molecule has 0 N–H and O–H groups in total. The third-order valence-electron chi connectivity index (χ3n) is 5.68. The Morgan fingerprint density at radius 3 is 1.65 bits per heavy atom. The molecule has 0 aliphatic carbocycles. The van der Waals surface area contributed by atoms with Crippen LogP contribution in [0.25, 0.3) is 11.0 Å². The third kappa shape index (κ3) is 3.15. The fourth-order valence-electron chi connectivity index (χ4n) is 4.27. The first-order valence-electron chi connectivity index (χ1n) is 10.1. The molecule has 0 saturated heterocycles. The summed E-state index contributed by atoms with van der Waals surface area (Å²) in [6, 6.07) is 35.9. The number of alkyl halides is 1. The normalized spacial score (nSPS) is 11.6. The van der Waals surface area contributed by atoms with Crippen molar-refractivity contribution in [3.8, 4) is 0 Å². The van der Waals surface area contributed by atoms with Crippen molar-refractivity contribution in [3.05, 3.63) is 142 Å². The first-order chi connectivity index (χ1) is 15.2. The molecule has 3 nitrogen and oxygen atoms in total. The molecule has 5 rings (SSSR count). The van der Waals surface area contributed by atoms with E-state index in [-0.39, 0.29) is 5.56 Å². The summed E-state index contributed by atoms with van der Waals surface area (Å²) >= 11 is 3.48. The average molecular weight is 470 g/mol. The number of benzene rings is 4. The molecular formula is C27H20BrNO2. The Labute approximate surface area is 188 Å². The molecule has 0 aliphatic heterocycles. The van der Waals surface area contributed by atoms with Crippen LogP contribution in [0.15, 0.2) is 119 Å². The lowest BCUT2D eigenvalue weighted by molar-refractivity contribution is 0.221. The maximum absolute atomic E-state index is 13.8. The van der Waals surface area contributed by atoms with Gasteiger partial charge in [0.15, 0.2) is 11.1 Å². The quantitative estimate of drug-likeness (QED) is 0.222. The van der Waals surface area contributed by atoms with Crippen molar-refractivity contribution in [2.24, 2.45) is 0 Å². The van der Waals surface area contributed by atoms with E-state index in [1.165, 1.54) is 4.74 Å². The predicted molar refractivity (Wildman–Crippen MR) is 128 cm³/mol. The Bertz CT molecular complexity index is 1280. The van der Waals surface area contributed by atoms with Crippen LogP contribution < -0.4 is 5.56 Å². The monoisotopic (exact) mass is 469 g/mol. The van der Waals surface area contributed by atoms with E-state index < -0.39 is 5.54 Å². The molecule has 0 atom stereocenters. The third-order valence-corrected chi connectivity index (χ3v) is 6.33. The molecule has 0 spiro atoms. The van der Waals surface area contributed by atoms with E-state index in [4.69, 9.17) is 4.52 Å². The van der Waals surface area contributed by atoms with Crippen molar-refractivity contribution >= 4 is 26.9 Å². The lowest BCUT2D eigenvalue weighted by atomic mass is 9.77. The summed E-state index contributed by atoms with van der Waals surface area (Å²) in [5, 5.41) is 1.25. The number of fused-ring (bicyclic) bond motifs is 1. The second-order valence-corrected chi connectivity index (χ2v) is 8.02. The highest BCUT2D eigenvalue weighted by molar-refractivity contribution is 9.08. The summed E-state index contributed by atoms with van der Waals surface area (Å²) in [4.78, 5) is 13.8. The van der Waals surface area contributed by atoms with Gasteiger partial charge in [0.1, 0.15) is 0 Å². The molecular weight excluding hydrogens is 450 g/mol. The number of nitrogens with zero attached hydrogens (tertiary/aromatic N) is 1. The molecule has 0 fully saturated rings. The van der Waals surface area contributed by atoms with Crippen LogP contribution in [0.2, 0.25) is 0 Å². The summed E-state index contributed by atoms with van der Waals surface area (Å²) in [7, 11) is 0. The molecule has 4 heteroatoms. The van der Waals surface area contributed by atoms with Gasteiger partial charge >= 0.3 is 0 Å². The van der Waals surface area contributed by atoms with Crippen molar-refractivity contribution in [1.29, 1.82) is 0 Å². The molecule has 0 unspecified atom stereocenters. The van der Waals surface area contributed by atoms with Gasteiger partial charge in [0.25, 0.3) is 5.56 Å². The number of hydrogen-bond donors (Lipinski definition) is 0. The van der Waals surface area contributed by atoms with Gasteiger partial charge in [-0.3, -0.25) is 4.79 Å². The van der Waals surface area contributed by atoms with Crippen LogP contribution in [-0.4, -0.2) is 4.74 Å². The van der Waals surface area contributed by atoms with E-state index in [2.05, 4.69) is 15.9 Å². The van der Waals surface area contributed by atoms with Crippen molar-refractivity contribution < 1.29 is 4.52 Å². The molecule has 0 amide bonds. The molecule has 1 heterocycles. The first-order valence-corrected chi connectivity index (χ1v) is 11.3. The standard InChI is InChI=1S/C27H20BrNO2/c28-19-20-16-17-25-24(18-20)26(30)29(31-25)27(21-10-4-1-5-11-21,22-12-6-2-7-13-22)23-14-8-3-9-15-23/h1-18H,19H2. The van der Waals surface area contributed by atoms with Gasteiger partial charge in [-0.05, 0) is 34.4 Å². The minimum atomic E-state index is -0.950. The van der Waals surface area contributed by atoms with Crippen molar-refractivity contribution in [2.45, 2.75) is 10.9 Å². The number of aromatic nitrogens is 1. The van der Waals surface area contributed by atoms with Gasteiger partial charge in [0, 0.05) is 5.33 Å². The van der Waals surface area contributed by atoms with Crippen LogP contribution in [0, 0.1) is 0 Å². The minimum absolute atomic E-state index is 0.158. The van der Waals surface area contributed by atoms with Crippen LogP contribution in [0.3, 0.4) is 0 Å². The Hall–Kier alpha value is -3.37. The van der Waals surface area contributed by atoms with Gasteiger partial charge in [0.2, 0.25) is 0 Å². The Morgan fingerprint density at radius 2 is 1.19 bits per heavy atom. The fraction of sp³-hybridized carbons (Fsp3) is 0.0741. The van der Waals surface area contributed by atoms with E-state index in [1.807, 2.05) is 109 Å². The maximum Gasteiger partial charge on any atom is 0.291 e. The Kier molecular flexibility index (Phi) is 5.08. The zero-order valence-corrected chi connectivity index (χ0v) is 18.3. The van der Waals surface area contributed by atoms with Crippen molar-refractivity contribution in [2.75, 3.05) is 0 Å². The molecule has 4 aromatic carbocycles. The first kappa shape index (κ1) is 19.6. The summed E-state index contributed by atoms with van der Waals surface area (Å²) in [6.07, 6.45) is 0. The highest BCUT2D eigenvalue weighted by Gasteiger charge is 2.42. The van der Waals surface area contributed by atoms with Gasteiger partial charge < -0.3 is 4.52 Å². The molecule has 5 aromatic rings. The molecule has 0 saturated carbocycles. The fourth-order valence-corrected chi connectivity index (χ4v) is 4.62. The second-order valence-electron chi connectivity index (χ2n) is 7.46. The lowest BCUT2D eigenvalue weighted by Crippen LogP contribution is -2.42. The van der Waals surface area contributed by atoms with E-state index in [9.17, 15) is 4.79 Å². The summed E-state index contributed by atoms with van der Waals surface area (Å²) in [5.41, 5.74) is 3.35. The zero-order chi connectivity index (χ0) is 21.3. The van der Waals surface area contributed by atoms with E-state index in [0.29, 0.717) is 16.3 Å². The van der Waals surface area contributed by atoms with Gasteiger partial charge in [-0.1, -0.05) is 113 Å². The van der Waals surface area contributed by atoms with Crippen molar-refractivity contribution in [1.82, 2.24) is 4.74 Å². The average Bonchev–Trinajstić information content (AvgIpc) is 3.17. The maximum atomic E-state index is 13.8. The number of halogens is 1. The molecule has 1 aromatic heterocycles. The number of rotatable bonds is 5. The summed E-state index contributed by atoms with van der Waals surface area (Å²) in [5.74, 6) is 0. The number of hydrogen-bond acceptors (Lipinski definition) is 2. The smallest absolute Gasteiger partial charge is 0.291 e. The summed E-state index contributed by atoms with van der Waals surface area (Å²) in [6.45, 7) is 0. The highest BCUT2D eigenvalue weighted by Crippen LogP contribution is 2.40. The van der Waals surface area contributed by atoms with E-state index in [1.54, 1.807) is 0 Å². The van der Waals surface area contributed by atoms with Gasteiger partial charge in [-0.25, -0.2) is 0 Å². The van der Waals surface area contributed by atoms with Gasteiger partial charge in [-0.2, -0.15) is 4.74 Å². The minimum Gasteiger partial charge on any atom is -0.374 e. The van der Waals surface area contributed by atoms with Crippen molar-refractivity contribution in [3.63, 3.8) is 0 Å². The van der Waals surface area contributed by atoms with Crippen LogP contribution >= 0.6 is 15.9 Å². The summed E-state index contributed by atoms with van der Waals surface area (Å²) < 4.78 is 7.85. The van der Waals surface area contributed by atoms with Gasteiger partial charge in [0.05, 0.1) is 5.39 Å². The molecule has 0 bridgehead atoms. The molecule has 0 aliphatic rings. The predicted octanol–water partition coefficient (Wildman–Crippen LogP) is 6.33. The topological polar surface area (TPSA) is 35.1 Å². The van der Waals surface area contributed by atoms with Crippen LogP contribution in [0.4, 0.5) is 0 Å². The van der Waals surface area contributed by atoms with Crippen LogP contribution in [-0.2, 0) is 10.9 Å². The van der Waals surface area contributed by atoms with Gasteiger partial charge in [-0.15, -0.1) is 0 Å². The molecule has 0 radical (unpaired) electrons. The lowest BCUT2D eigenvalue weighted by Gasteiger charge is -2.34. The Morgan fingerprint density at radius 1 is 0.710 bits per heavy atom. The molecule has 152 valence electrons. The van der Waals surface area contributed by atoms with Crippen LogP contribution in [0.1, 0.15) is 22.3 Å².